The Kier molecular flexibility index (Phi) is 11.1. The van der Waals surface area contributed by atoms with Crippen LogP contribution in [0.2, 0.25) is 0 Å². The number of carbonyl (C=O) groups is 2. The molecule has 8 atom stereocenters. The van der Waals surface area contributed by atoms with Gasteiger partial charge in [0.2, 0.25) is 15.9 Å². The maximum atomic E-state index is 15.5. The van der Waals surface area contributed by atoms with Gasteiger partial charge in [-0.05, 0) is 102 Å². The molecular weight excluding hydrogens is 642 g/mol. The molecule has 0 aliphatic carbocycles. The summed E-state index contributed by atoms with van der Waals surface area (Å²) in [5.41, 5.74) is 1.12. The summed E-state index contributed by atoms with van der Waals surface area (Å²) in [5, 5.41) is 9.05. The molecule has 0 aromatic heterocycles. The molecule has 3 aliphatic heterocycles. The molecule has 2 aromatic rings. The third kappa shape index (κ3) is 7.85. The number of halogens is 2. The number of piperazine rings is 1. The number of fused-ring (bicyclic) bond motifs is 2. The normalized spacial score (nSPS) is 29.1. The summed E-state index contributed by atoms with van der Waals surface area (Å²) >= 11 is 0. The predicted molar refractivity (Wildman–Crippen MR) is 179 cm³/mol. The Hall–Kier alpha value is -3.13. The minimum atomic E-state index is -3.60. The van der Waals surface area contributed by atoms with Crippen molar-refractivity contribution in [2.75, 3.05) is 25.5 Å². The molecule has 2 bridgehead atoms. The van der Waals surface area contributed by atoms with Gasteiger partial charge < -0.3 is 25.4 Å². The minimum Gasteiger partial charge on any atom is -0.453 e. The standard InChI is InChI=1S/C35H48F2N4O6S/c1-21-17-24(18-22(2)47-21)31(23-9-11-25(36)12-10-23)32(40-34(43)46-5)33(42)39-30-8-6-7-29(37)28(30)14-13-27-19-38-26-15-16-35(3,4)48(44,45)41(27)20-26/h6-12,21-22,24,26-27,31-32,38H,13-20H2,1-5H3,(H,39,42)(H,40,43)/t21-,22+,24+,26-,27+,31+,32+/m1/s1. The predicted octanol–water partition coefficient (Wildman–Crippen LogP) is 5.09. The first-order chi connectivity index (χ1) is 22.7. The first-order valence-electron chi connectivity index (χ1n) is 16.8. The fraction of sp³-hybridized carbons (Fsp3) is 0.600. The van der Waals surface area contributed by atoms with Crippen LogP contribution < -0.4 is 16.0 Å². The van der Waals surface area contributed by atoms with Crippen molar-refractivity contribution < 1.29 is 36.3 Å². The number of alkyl carbamates (subject to hydrolysis) is 1. The number of hydrogen-bond acceptors (Lipinski definition) is 7. The van der Waals surface area contributed by atoms with E-state index < -0.39 is 50.4 Å². The number of ether oxygens (including phenoxy) is 2. The maximum Gasteiger partial charge on any atom is 0.407 e. The van der Waals surface area contributed by atoms with Crippen molar-refractivity contribution in [2.24, 2.45) is 5.92 Å². The van der Waals surface area contributed by atoms with E-state index in [9.17, 15) is 22.4 Å². The molecule has 0 radical (unpaired) electrons. The van der Waals surface area contributed by atoms with Gasteiger partial charge in [0.05, 0.1) is 24.1 Å². The highest BCUT2D eigenvalue weighted by molar-refractivity contribution is 7.90. The SMILES string of the molecule is COC(=O)N[C@H](C(=O)Nc1cccc(F)c1CC[C@H]1CN[C@@H]2CCC(C)(C)S(=O)(=O)N1C2)[C@@H](c1ccc(F)cc1)[C@H]1C[C@@H](C)O[C@@H](C)C1. The van der Waals surface area contributed by atoms with Gasteiger partial charge in [0.25, 0.3) is 0 Å². The van der Waals surface area contributed by atoms with Crippen molar-refractivity contribution in [1.82, 2.24) is 14.9 Å². The second-order valence-corrected chi connectivity index (χ2v) is 16.6. The third-order valence-corrected chi connectivity index (χ3v) is 12.9. The zero-order valence-corrected chi connectivity index (χ0v) is 29.1. The Balaban J connectivity index is 1.43. The van der Waals surface area contributed by atoms with Crippen molar-refractivity contribution >= 4 is 27.7 Å². The Morgan fingerprint density at radius 2 is 1.79 bits per heavy atom. The van der Waals surface area contributed by atoms with Crippen LogP contribution in [0.25, 0.3) is 0 Å². The van der Waals surface area contributed by atoms with Crippen LogP contribution in [-0.4, -0.2) is 80.0 Å². The molecule has 3 aliphatic rings. The molecular formula is C35H48F2N4O6S. The number of hydrogen-bond donors (Lipinski definition) is 3. The molecule has 13 heteroatoms. The zero-order valence-electron chi connectivity index (χ0n) is 28.3. The number of carbonyl (C=O) groups excluding carboxylic acids is 2. The van der Waals surface area contributed by atoms with Crippen LogP contribution >= 0.6 is 0 Å². The number of sulfonamides is 1. The number of benzene rings is 2. The molecule has 48 heavy (non-hydrogen) atoms. The number of anilines is 1. The van der Waals surface area contributed by atoms with Crippen molar-refractivity contribution in [3.8, 4) is 0 Å². The van der Waals surface area contributed by atoms with E-state index in [1.54, 1.807) is 36.4 Å². The summed E-state index contributed by atoms with van der Waals surface area (Å²) in [6.45, 7) is 8.22. The van der Waals surface area contributed by atoms with Crippen LogP contribution in [0.4, 0.5) is 19.3 Å². The lowest BCUT2D eigenvalue weighted by molar-refractivity contribution is -0.120. The van der Waals surface area contributed by atoms with Crippen LogP contribution in [0.15, 0.2) is 42.5 Å². The van der Waals surface area contributed by atoms with E-state index in [2.05, 4.69) is 16.0 Å². The average molecular weight is 691 g/mol. The molecule has 10 nitrogen and oxygen atoms in total. The highest BCUT2D eigenvalue weighted by atomic mass is 32.2. The van der Waals surface area contributed by atoms with E-state index in [1.807, 2.05) is 13.8 Å². The van der Waals surface area contributed by atoms with Gasteiger partial charge in [0.1, 0.15) is 17.7 Å². The summed E-state index contributed by atoms with van der Waals surface area (Å²) < 4.78 is 68.3. The topological polar surface area (TPSA) is 126 Å². The monoisotopic (exact) mass is 690 g/mol. The molecule has 1 unspecified atom stereocenters. The number of rotatable bonds is 9. The van der Waals surface area contributed by atoms with Crippen LogP contribution in [0.5, 0.6) is 0 Å². The lowest BCUT2D eigenvalue weighted by atomic mass is 9.74. The van der Waals surface area contributed by atoms with Gasteiger partial charge in [-0.25, -0.2) is 22.0 Å². The second-order valence-electron chi connectivity index (χ2n) is 14.1. The van der Waals surface area contributed by atoms with E-state index in [0.717, 1.165) is 6.42 Å². The highest BCUT2D eigenvalue weighted by Crippen LogP contribution is 2.40. The van der Waals surface area contributed by atoms with Crippen molar-refractivity contribution in [3.63, 3.8) is 0 Å². The average Bonchev–Trinajstić information content (AvgIpc) is 3.09. The van der Waals surface area contributed by atoms with Gasteiger partial charge in [0, 0.05) is 42.3 Å². The molecule has 3 N–H and O–H groups in total. The summed E-state index contributed by atoms with van der Waals surface area (Å²) in [4.78, 5) is 26.9. The Bertz CT molecular complexity index is 1560. The molecule has 0 saturated carbocycles. The lowest BCUT2D eigenvalue weighted by Gasteiger charge is -2.40. The van der Waals surface area contributed by atoms with Gasteiger partial charge in [0.15, 0.2) is 0 Å². The molecule has 2 amide bonds. The molecule has 2 aromatic carbocycles. The summed E-state index contributed by atoms with van der Waals surface area (Å²) in [5.74, 6) is -2.27. The molecule has 0 spiro atoms. The van der Waals surface area contributed by atoms with Gasteiger partial charge in [-0.3, -0.25) is 4.79 Å². The Morgan fingerprint density at radius 3 is 2.46 bits per heavy atom. The Morgan fingerprint density at radius 1 is 1.10 bits per heavy atom. The van der Waals surface area contributed by atoms with Crippen molar-refractivity contribution in [1.29, 1.82) is 0 Å². The minimum absolute atomic E-state index is 0.0658. The quantitative estimate of drug-likeness (QED) is 0.335. The fourth-order valence-electron chi connectivity index (χ4n) is 7.66. The number of nitrogens with zero attached hydrogens (tertiary/aromatic N) is 1. The highest BCUT2D eigenvalue weighted by Gasteiger charge is 2.47. The van der Waals surface area contributed by atoms with Gasteiger partial charge in [-0.15, -0.1) is 0 Å². The van der Waals surface area contributed by atoms with Crippen LogP contribution in [0.3, 0.4) is 0 Å². The second kappa shape index (κ2) is 14.8. The summed E-state index contributed by atoms with van der Waals surface area (Å²) in [6, 6.07) is 8.77. The van der Waals surface area contributed by atoms with E-state index in [1.165, 1.54) is 31.4 Å². The van der Waals surface area contributed by atoms with E-state index in [-0.39, 0.29) is 47.9 Å². The van der Waals surface area contributed by atoms with Gasteiger partial charge in [-0.2, -0.15) is 4.31 Å². The Labute approximate surface area is 282 Å². The van der Waals surface area contributed by atoms with Crippen molar-refractivity contribution in [2.45, 2.75) is 107 Å². The smallest absolute Gasteiger partial charge is 0.407 e. The zero-order chi connectivity index (χ0) is 34.8. The van der Waals surface area contributed by atoms with Crippen LogP contribution in [0.1, 0.15) is 76.8 Å². The molecule has 5 rings (SSSR count). The number of nitrogens with one attached hydrogen (secondary N) is 3. The fourth-order valence-corrected chi connectivity index (χ4v) is 9.62. The van der Waals surface area contributed by atoms with Crippen LogP contribution in [0, 0.1) is 17.6 Å². The van der Waals surface area contributed by atoms with Crippen molar-refractivity contribution in [3.05, 3.63) is 65.2 Å². The van der Waals surface area contributed by atoms with E-state index >= 15 is 4.39 Å². The number of amides is 2. The molecule has 3 saturated heterocycles. The maximum absolute atomic E-state index is 15.5. The lowest BCUT2D eigenvalue weighted by Crippen LogP contribution is -2.58. The van der Waals surface area contributed by atoms with Gasteiger partial charge in [-0.1, -0.05) is 18.2 Å². The first kappa shape index (κ1) is 36.2. The first-order valence-corrected chi connectivity index (χ1v) is 18.2. The van der Waals surface area contributed by atoms with Gasteiger partial charge >= 0.3 is 6.09 Å². The van der Waals surface area contributed by atoms with E-state index in [4.69, 9.17) is 9.47 Å². The van der Waals surface area contributed by atoms with E-state index in [0.29, 0.717) is 44.3 Å². The summed E-state index contributed by atoms with van der Waals surface area (Å²) in [6.07, 6.45) is 1.95. The molecule has 3 fully saturated rings. The summed E-state index contributed by atoms with van der Waals surface area (Å²) in [7, 11) is -2.40. The largest absolute Gasteiger partial charge is 0.453 e. The molecule has 3 heterocycles. The van der Waals surface area contributed by atoms with Crippen LogP contribution in [-0.2, 0) is 30.7 Å². The third-order valence-electron chi connectivity index (χ3n) is 10.3. The number of methoxy groups -OCH3 is 1. The molecule has 264 valence electrons.